The zero-order valence-electron chi connectivity index (χ0n) is 10.7. The molecule has 2 aromatic rings. The van der Waals surface area contributed by atoms with Crippen molar-refractivity contribution < 1.29 is 14.0 Å². The number of thiophene rings is 1. The normalized spacial score (nSPS) is 11.9. The number of carbonyl (C=O) groups excluding carboxylic acids is 2. The average molecular weight is 292 g/mol. The zero-order valence-corrected chi connectivity index (χ0v) is 11.5. The SMILES string of the molecule is Cc1cscc1C(=O)N[C@H](C(N)=O)c1ccc(F)cc1. The summed E-state index contributed by atoms with van der Waals surface area (Å²) in [6.07, 6.45) is 0. The van der Waals surface area contributed by atoms with Crippen LogP contribution >= 0.6 is 11.3 Å². The van der Waals surface area contributed by atoms with Crippen molar-refractivity contribution in [3.63, 3.8) is 0 Å². The van der Waals surface area contributed by atoms with Crippen molar-refractivity contribution in [1.82, 2.24) is 5.32 Å². The number of primary amides is 1. The number of hydrogen-bond donors (Lipinski definition) is 2. The molecule has 4 nitrogen and oxygen atoms in total. The van der Waals surface area contributed by atoms with Crippen LogP contribution in [0.2, 0.25) is 0 Å². The molecule has 20 heavy (non-hydrogen) atoms. The van der Waals surface area contributed by atoms with Gasteiger partial charge in [-0.2, -0.15) is 11.3 Å². The van der Waals surface area contributed by atoms with Gasteiger partial charge >= 0.3 is 0 Å². The van der Waals surface area contributed by atoms with Crippen LogP contribution in [0.1, 0.15) is 27.5 Å². The largest absolute Gasteiger partial charge is 0.368 e. The summed E-state index contributed by atoms with van der Waals surface area (Å²) >= 11 is 1.40. The van der Waals surface area contributed by atoms with Gasteiger partial charge in [0.15, 0.2) is 0 Å². The summed E-state index contributed by atoms with van der Waals surface area (Å²) in [5, 5.41) is 6.11. The summed E-state index contributed by atoms with van der Waals surface area (Å²) in [5.74, 6) is -1.49. The highest BCUT2D eigenvalue weighted by molar-refractivity contribution is 7.08. The standard InChI is InChI=1S/C14H13FN2O2S/c1-8-6-20-7-11(8)14(19)17-12(13(16)18)9-2-4-10(15)5-3-9/h2-7,12H,1H3,(H2,16,18)(H,17,19)/t12-/m0/s1. The van der Waals surface area contributed by atoms with E-state index in [0.29, 0.717) is 11.1 Å². The van der Waals surface area contributed by atoms with Crippen LogP contribution in [0, 0.1) is 12.7 Å². The first kappa shape index (κ1) is 14.2. The quantitative estimate of drug-likeness (QED) is 0.906. The van der Waals surface area contributed by atoms with Crippen LogP contribution in [0.5, 0.6) is 0 Å². The molecule has 0 saturated carbocycles. The fraction of sp³-hybridized carbons (Fsp3) is 0.143. The maximum atomic E-state index is 12.9. The molecule has 2 rings (SSSR count). The van der Waals surface area contributed by atoms with Crippen LogP contribution in [0.25, 0.3) is 0 Å². The highest BCUT2D eigenvalue weighted by Crippen LogP contribution is 2.17. The summed E-state index contributed by atoms with van der Waals surface area (Å²) in [5.41, 5.74) is 7.08. The number of rotatable bonds is 4. The number of nitrogens with two attached hydrogens (primary N) is 1. The lowest BCUT2D eigenvalue weighted by molar-refractivity contribution is -0.120. The average Bonchev–Trinajstić information content (AvgIpc) is 2.83. The van der Waals surface area contributed by atoms with E-state index >= 15 is 0 Å². The summed E-state index contributed by atoms with van der Waals surface area (Å²) in [6.45, 7) is 1.81. The van der Waals surface area contributed by atoms with E-state index in [9.17, 15) is 14.0 Å². The van der Waals surface area contributed by atoms with Crippen molar-refractivity contribution >= 4 is 23.2 Å². The molecule has 1 aromatic heterocycles. The van der Waals surface area contributed by atoms with Crippen LogP contribution < -0.4 is 11.1 Å². The molecule has 6 heteroatoms. The molecule has 0 saturated heterocycles. The van der Waals surface area contributed by atoms with E-state index in [2.05, 4.69) is 5.32 Å². The van der Waals surface area contributed by atoms with E-state index in [1.54, 1.807) is 5.38 Å². The molecule has 0 radical (unpaired) electrons. The second-order valence-corrected chi connectivity index (χ2v) is 5.07. The lowest BCUT2D eigenvalue weighted by atomic mass is 10.1. The Balaban J connectivity index is 2.22. The van der Waals surface area contributed by atoms with Crippen molar-refractivity contribution in [2.24, 2.45) is 5.73 Å². The number of nitrogens with one attached hydrogen (secondary N) is 1. The third-order valence-electron chi connectivity index (χ3n) is 2.86. The molecule has 2 amide bonds. The Hall–Kier alpha value is -2.21. The molecule has 104 valence electrons. The van der Waals surface area contributed by atoms with E-state index in [0.717, 1.165) is 5.56 Å². The second-order valence-electron chi connectivity index (χ2n) is 4.33. The smallest absolute Gasteiger partial charge is 0.253 e. The monoisotopic (exact) mass is 292 g/mol. The first-order chi connectivity index (χ1) is 9.49. The van der Waals surface area contributed by atoms with Gasteiger partial charge in [0.2, 0.25) is 5.91 Å². The molecule has 1 heterocycles. The number of hydrogen-bond acceptors (Lipinski definition) is 3. The molecular formula is C14H13FN2O2S. The third-order valence-corrected chi connectivity index (χ3v) is 3.72. The zero-order chi connectivity index (χ0) is 14.7. The van der Waals surface area contributed by atoms with Crippen LogP contribution in [0.4, 0.5) is 4.39 Å². The predicted octanol–water partition coefficient (Wildman–Crippen LogP) is 2.15. The molecule has 0 bridgehead atoms. The van der Waals surface area contributed by atoms with Gasteiger partial charge in [-0.15, -0.1) is 0 Å². The molecule has 0 aliphatic heterocycles. The molecule has 0 unspecified atom stereocenters. The Labute approximate surface area is 119 Å². The predicted molar refractivity (Wildman–Crippen MR) is 74.9 cm³/mol. The van der Waals surface area contributed by atoms with Gasteiger partial charge in [-0.25, -0.2) is 4.39 Å². The van der Waals surface area contributed by atoms with Gasteiger partial charge in [0.1, 0.15) is 11.9 Å². The molecule has 0 spiro atoms. The van der Waals surface area contributed by atoms with E-state index in [-0.39, 0.29) is 5.91 Å². The fourth-order valence-corrected chi connectivity index (χ4v) is 2.60. The number of benzene rings is 1. The van der Waals surface area contributed by atoms with E-state index in [4.69, 9.17) is 5.73 Å². The fourth-order valence-electron chi connectivity index (χ4n) is 1.78. The lowest BCUT2D eigenvalue weighted by Crippen LogP contribution is -2.37. The minimum atomic E-state index is -0.984. The maximum Gasteiger partial charge on any atom is 0.253 e. The van der Waals surface area contributed by atoms with Crippen molar-refractivity contribution in [2.75, 3.05) is 0 Å². The Bertz CT molecular complexity index is 637. The number of halogens is 1. The number of aryl methyl sites for hydroxylation is 1. The Kier molecular flexibility index (Phi) is 4.14. The molecular weight excluding hydrogens is 279 g/mol. The van der Waals surface area contributed by atoms with Crippen LogP contribution in [-0.4, -0.2) is 11.8 Å². The van der Waals surface area contributed by atoms with Gasteiger partial charge in [-0.05, 0) is 35.6 Å². The van der Waals surface area contributed by atoms with Crippen LogP contribution in [0.3, 0.4) is 0 Å². The molecule has 1 atom stereocenters. The van der Waals surface area contributed by atoms with Crippen LogP contribution in [-0.2, 0) is 4.79 Å². The number of amides is 2. The van der Waals surface area contributed by atoms with E-state index in [1.165, 1.54) is 35.6 Å². The molecule has 0 aliphatic rings. The third kappa shape index (κ3) is 3.03. The van der Waals surface area contributed by atoms with Gasteiger partial charge in [-0.1, -0.05) is 12.1 Å². The Morgan fingerprint density at radius 2 is 1.90 bits per heavy atom. The second kappa shape index (κ2) is 5.83. The first-order valence-electron chi connectivity index (χ1n) is 5.87. The highest BCUT2D eigenvalue weighted by atomic mass is 32.1. The summed E-state index contributed by atoms with van der Waals surface area (Å²) in [4.78, 5) is 23.6. The minimum absolute atomic E-state index is 0.378. The van der Waals surface area contributed by atoms with Gasteiger partial charge in [0.25, 0.3) is 5.91 Å². The van der Waals surface area contributed by atoms with Gasteiger partial charge in [0, 0.05) is 5.38 Å². The number of carbonyl (C=O) groups is 2. The van der Waals surface area contributed by atoms with Crippen molar-refractivity contribution in [1.29, 1.82) is 0 Å². The van der Waals surface area contributed by atoms with Gasteiger partial charge in [-0.3, -0.25) is 9.59 Å². The van der Waals surface area contributed by atoms with E-state index < -0.39 is 17.8 Å². The molecule has 1 aromatic carbocycles. The van der Waals surface area contributed by atoms with Crippen molar-refractivity contribution in [3.8, 4) is 0 Å². The molecule has 3 N–H and O–H groups in total. The minimum Gasteiger partial charge on any atom is -0.368 e. The highest BCUT2D eigenvalue weighted by Gasteiger charge is 2.22. The van der Waals surface area contributed by atoms with Gasteiger partial charge in [0.05, 0.1) is 5.56 Å². The molecule has 0 aliphatic carbocycles. The van der Waals surface area contributed by atoms with Crippen molar-refractivity contribution in [3.05, 3.63) is 57.5 Å². The van der Waals surface area contributed by atoms with Crippen molar-refractivity contribution in [2.45, 2.75) is 13.0 Å². The van der Waals surface area contributed by atoms with E-state index in [1.807, 2.05) is 12.3 Å². The Morgan fingerprint density at radius 1 is 1.25 bits per heavy atom. The van der Waals surface area contributed by atoms with Gasteiger partial charge < -0.3 is 11.1 Å². The lowest BCUT2D eigenvalue weighted by Gasteiger charge is -2.15. The summed E-state index contributed by atoms with van der Waals surface area (Å²) < 4.78 is 12.9. The molecule has 0 fully saturated rings. The van der Waals surface area contributed by atoms with Crippen LogP contribution in [0.15, 0.2) is 35.0 Å². The summed E-state index contributed by atoms with van der Waals surface area (Å²) in [6, 6.07) is 4.29. The summed E-state index contributed by atoms with van der Waals surface area (Å²) in [7, 11) is 0. The topological polar surface area (TPSA) is 72.2 Å². The first-order valence-corrected chi connectivity index (χ1v) is 6.81. The Morgan fingerprint density at radius 3 is 2.40 bits per heavy atom. The maximum absolute atomic E-state index is 12.9.